The van der Waals surface area contributed by atoms with Crippen molar-refractivity contribution in [2.24, 2.45) is 0 Å². The van der Waals surface area contributed by atoms with Gasteiger partial charge in [0, 0.05) is 0 Å². The van der Waals surface area contributed by atoms with Gasteiger partial charge >= 0.3 is 5.97 Å². The van der Waals surface area contributed by atoms with Crippen molar-refractivity contribution in [2.45, 2.75) is 4.87 Å². The lowest BCUT2D eigenvalue weighted by Gasteiger charge is -2.09. The molecule has 0 amide bonds. The standard InChI is InChI=1S/C6H3ClO4/c7-6(5(10)11)3(8)1-2-4(6)9/h1-2H,(H,10,11). The van der Waals surface area contributed by atoms with E-state index in [0.29, 0.717) is 0 Å². The molecule has 0 aliphatic heterocycles. The number of carboxylic acids is 1. The van der Waals surface area contributed by atoms with E-state index in [1.165, 1.54) is 0 Å². The fourth-order valence-electron chi connectivity index (χ4n) is 0.713. The van der Waals surface area contributed by atoms with Crippen LogP contribution in [0.5, 0.6) is 0 Å². The normalized spacial score (nSPS) is 20.8. The van der Waals surface area contributed by atoms with Gasteiger partial charge in [-0.15, -0.1) is 0 Å². The molecule has 0 fully saturated rings. The number of rotatable bonds is 1. The summed E-state index contributed by atoms with van der Waals surface area (Å²) in [5.41, 5.74) is 0. The zero-order valence-electron chi connectivity index (χ0n) is 5.20. The summed E-state index contributed by atoms with van der Waals surface area (Å²) in [6, 6.07) is 0. The quantitative estimate of drug-likeness (QED) is 0.440. The van der Waals surface area contributed by atoms with Crippen LogP contribution in [0.3, 0.4) is 0 Å². The lowest BCUT2D eigenvalue weighted by atomic mass is 10.1. The lowest BCUT2D eigenvalue weighted by Crippen LogP contribution is -2.43. The molecule has 1 aliphatic carbocycles. The van der Waals surface area contributed by atoms with Crippen LogP contribution in [0.15, 0.2) is 12.2 Å². The molecule has 1 aliphatic rings. The van der Waals surface area contributed by atoms with Crippen LogP contribution in [-0.2, 0) is 14.4 Å². The molecular formula is C6H3ClO4. The Morgan fingerprint density at radius 3 is 1.91 bits per heavy atom. The highest BCUT2D eigenvalue weighted by molar-refractivity contribution is 6.61. The molecule has 0 atom stereocenters. The zero-order valence-corrected chi connectivity index (χ0v) is 5.96. The Morgan fingerprint density at radius 2 is 1.73 bits per heavy atom. The van der Waals surface area contributed by atoms with Crippen LogP contribution in [0, 0.1) is 0 Å². The van der Waals surface area contributed by atoms with Gasteiger partial charge in [0.05, 0.1) is 0 Å². The van der Waals surface area contributed by atoms with Crippen LogP contribution in [0.2, 0.25) is 0 Å². The molecule has 0 saturated carbocycles. The molecule has 0 spiro atoms. The first-order valence-electron chi connectivity index (χ1n) is 2.69. The molecule has 0 aromatic carbocycles. The molecule has 58 valence electrons. The van der Waals surface area contributed by atoms with E-state index in [1.807, 2.05) is 0 Å². The number of carboxylic acid groups (broad SMARTS) is 1. The van der Waals surface area contributed by atoms with E-state index in [4.69, 9.17) is 16.7 Å². The largest absolute Gasteiger partial charge is 0.479 e. The van der Waals surface area contributed by atoms with Gasteiger partial charge in [-0.2, -0.15) is 0 Å². The Morgan fingerprint density at radius 1 is 1.36 bits per heavy atom. The first-order valence-corrected chi connectivity index (χ1v) is 3.06. The summed E-state index contributed by atoms with van der Waals surface area (Å²) < 4.78 is 0. The van der Waals surface area contributed by atoms with Gasteiger partial charge < -0.3 is 5.11 Å². The van der Waals surface area contributed by atoms with Crippen molar-refractivity contribution in [1.29, 1.82) is 0 Å². The minimum Gasteiger partial charge on any atom is -0.479 e. The average Bonchev–Trinajstić information content (AvgIpc) is 2.18. The maximum Gasteiger partial charge on any atom is 0.341 e. The van der Waals surface area contributed by atoms with Crippen LogP contribution >= 0.6 is 11.6 Å². The predicted molar refractivity (Wildman–Crippen MR) is 35.4 cm³/mol. The lowest BCUT2D eigenvalue weighted by molar-refractivity contribution is -0.145. The number of allylic oxidation sites excluding steroid dienone is 2. The third-order valence-electron chi connectivity index (χ3n) is 1.36. The number of carbonyl (C=O) groups is 3. The number of carbonyl (C=O) groups excluding carboxylic acids is 2. The second-order valence-corrected chi connectivity index (χ2v) is 2.59. The first-order chi connectivity index (χ1) is 4.99. The second-order valence-electron chi connectivity index (χ2n) is 2.03. The number of ketones is 2. The van der Waals surface area contributed by atoms with Crippen LogP contribution in [0.25, 0.3) is 0 Å². The Bertz CT molecular complexity index is 260. The Hall–Kier alpha value is -1.16. The van der Waals surface area contributed by atoms with Gasteiger partial charge in [-0.05, 0) is 12.2 Å². The minimum absolute atomic E-state index is 0.865. The van der Waals surface area contributed by atoms with Crippen molar-refractivity contribution < 1.29 is 19.5 Å². The molecule has 0 saturated heterocycles. The third-order valence-corrected chi connectivity index (χ3v) is 1.89. The highest BCUT2D eigenvalue weighted by Gasteiger charge is 2.52. The van der Waals surface area contributed by atoms with Crippen molar-refractivity contribution in [3.8, 4) is 0 Å². The molecule has 11 heavy (non-hydrogen) atoms. The topological polar surface area (TPSA) is 71.4 Å². The van der Waals surface area contributed by atoms with E-state index in [2.05, 4.69) is 0 Å². The van der Waals surface area contributed by atoms with Crippen LogP contribution in [-0.4, -0.2) is 27.5 Å². The van der Waals surface area contributed by atoms with Crippen LogP contribution in [0.1, 0.15) is 0 Å². The van der Waals surface area contributed by atoms with Crippen molar-refractivity contribution in [3.05, 3.63) is 12.2 Å². The number of hydrogen-bond acceptors (Lipinski definition) is 3. The Kier molecular flexibility index (Phi) is 1.56. The SMILES string of the molecule is O=C(O)C1(Cl)C(=O)C=CC1=O. The van der Waals surface area contributed by atoms with Gasteiger partial charge in [0.2, 0.25) is 0 Å². The molecule has 0 aromatic heterocycles. The molecule has 0 aromatic rings. The van der Waals surface area contributed by atoms with Crippen molar-refractivity contribution in [1.82, 2.24) is 0 Å². The molecule has 1 rings (SSSR count). The van der Waals surface area contributed by atoms with Crippen LogP contribution in [0.4, 0.5) is 0 Å². The summed E-state index contributed by atoms with van der Waals surface area (Å²) in [7, 11) is 0. The van der Waals surface area contributed by atoms with E-state index >= 15 is 0 Å². The maximum atomic E-state index is 10.7. The monoisotopic (exact) mass is 174 g/mol. The van der Waals surface area contributed by atoms with Gasteiger partial charge in [-0.3, -0.25) is 9.59 Å². The average molecular weight is 175 g/mol. The third kappa shape index (κ3) is 0.867. The first kappa shape index (κ1) is 7.94. The summed E-state index contributed by atoms with van der Waals surface area (Å²) in [5, 5.41) is 8.40. The molecule has 1 N–H and O–H groups in total. The molecule has 0 unspecified atom stereocenters. The summed E-state index contributed by atoms with van der Waals surface area (Å²) in [6.45, 7) is 0. The predicted octanol–water partition coefficient (Wildman–Crippen LogP) is -0.243. The number of alkyl halides is 1. The molecular weight excluding hydrogens is 172 g/mol. The molecule has 5 heteroatoms. The van der Waals surface area contributed by atoms with Crippen LogP contribution < -0.4 is 0 Å². The van der Waals surface area contributed by atoms with Gasteiger partial charge in [0.15, 0.2) is 11.6 Å². The molecule has 0 radical (unpaired) electrons. The van der Waals surface area contributed by atoms with E-state index in [-0.39, 0.29) is 0 Å². The molecule has 0 heterocycles. The van der Waals surface area contributed by atoms with E-state index in [1.54, 1.807) is 0 Å². The summed E-state index contributed by atoms with van der Waals surface area (Å²) in [6.07, 6.45) is 1.73. The highest BCUT2D eigenvalue weighted by Crippen LogP contribution is 2.24. The van der Waals surface area contributed by atoms with Gasteiger partial charge in [0.1, 0.15) is 0 Å². The summed E-state index contributed by atoms with van der Waals surface area (Å²) >= 11 is 5.25. The van der Waals surface area contributed by atoms with Crippen molar-refractivity contribution >= 4 is 29.1 Å². The summed E-state index contributed by atoms with van der Waals surface area (Å²) in [4.78, 5) is 29.4. The second kappa shape index (κ2) is 2.17. The maximum absolute atomic E-state index is 10.7. The van der Waals surface area contributed by atoms with Gasteiger partial charge in [-0.25, -0.2) is 4.79 Å². The number of aliphatic carboxylic acids is 1. The van der Waals surface area contributed by atoms with Crippen molar-refractivity contribution in [2.75, 3.05) is 0 Å². The van der Waals surface area contributed by atoms with Crippen molar-refractivity contribution in [3.63, 3.8) is 0 Å². The smallest absolute Gasteiger partial charge is 0.341 e. The number of halogens is 1. The summed E-state index contributed by atoms with van der Waals surface area (Å²) in [5.74, 6) is -3.41. The highest BCUT2D eigenvalue weighted by atomic mass is 35.5. The van der Waals surface area contributed by atoms with E-state index in [9.17, 15) is 14.4 Å². The fraction of sp³-hybridized carbons (Fsp3) is 0.167. The van der Waals surface area contributed by atoms with E-state index in [0.717, 1.165) is 12.2 Å². The zero-order chi connectivity index (χ0) is 8.65. The van der Waals surface area contributed by atoms with Gasteiger partial charge in [-0.1, -0.05) is 11.6 Å². The molecule has 4 nitrogen and oxygen atoms in total. The molecule has 0 bridgehead atoms. The Labute approximate surface area is 66.5 Å². The fourth-order valence-corrected chi connectivity index (χ4v) is 0.839. The van der Waals surface area contributed by atoms with Gasteiger partial charge in [0.25, 0.3) is 4.87 Å². The minimum atomic E-state index is -2.39. The Balaban J connectivity index is 3.14. The van der Waals surface area contributed by atoms with E-state index < -0.39 is 22.4 Å². The number of hydrogen-bond donors (Lipinski definition) is 1.